The van der Waals surface area contributed by atoms with Gasteiger partial charge in [-0.3, -0.25) is 9.89 Å². The normalized spacial score (nSPS) is 10.9. The fraction of sp³-hybridized carbons (Fsp3) is 0.158. The Morgan fingerprint density at radius 2 is 1.96 bits per heavy atom. The molecule has 0 saturated heterocycles. The lowest BCUT2D eigenvalue weighted by Gasteiger charge is -2.16. The highest BCUT2D eigenvalue weighted by Crippen LogP contribution is 2.22. The fourth-order valence-electron chi connectivity index (χ4n) is 2.55. The molecular formula is C19H16ClF2N3O2. The lowest BCUT2D eigenvalue weighted by Crippen LogP contribution is -2.26. The predicted molar refractivity (Wildman–Crippen MR) is 97.9 cm³/mol. The number of aromatic amines is 1. The predicted octanol–water partition coefficient (Wildman–Crippen LogP) is 4.60. The number of hydrogen-bond donors (Lipinski definition) is 1. The molecule has 0 bridgehead atoms. The van der Waals surface area contributed by atoms with Gasteiger partial charge in [0.05, 0.1) is 5.69 Å². The lowest BCUT2D eigenvalue weighted by atomic mass is 10.1. The zero-order valence-electron chi connectivity index (χ0n) is 14.3. The molecule has 8 heteroatoms. The van der Waals surface area contributed by atoms with Crippen molar-refractivity contribution in [1.82, 2.24) is 15.1 Å². The van der Waals surface area contributed by atoms with Crippen LogP contribution in [0.25, 0.3) is 11.3 Å². The maximum atomic E-state index is 12.6. The lowest BCUT2D eigenvalue weighted by molar-refractivity contribution is -0.0498. The van der Waals surface area contributed by atoms with Gasteiger partial charge in [-0.15, -0.1) is 0 Å². The minimum Gasteiger partial charge on any atom is -0.435 e. The number of nitrogens with one attached hydrogen (secondary N) is 1. The molecular weight excluding hydrogens is 376 g/mol. The SMILES string of the molecule is CN(Cc1ccc(OC(F)F)cc1)C(=O)c1cc(-c2cccc(Cl)c2)n[nH]1. The van der Waals surface area contributed by atoms with Crippen LogP contribution in [0.15, 0.2) is 54.6 Å². The molecule has 3 aromatic rings. The van der Waals surface area contributed by atoms with Gasteiger partial charge < -0.3 is 9.64 Å². The Bertz CT molecular complexity index is 929. The first-order valence-corrected chi connectivity index (χ1v) is 8.41. The number of hydrogen-bond acceptors (Lipinski definition) is 3. The number of rotatable bonds is 6. The smallest absolute Gasteiger partial charge is 0.387 e. The van der Waals surface area contributed by atoms with Crippen molar-refractivity contribution in [3.8, 4) is 17.0 Å². The van der Waals surface area contributed by atoms with Crippen LogP contribution >= 0.6 is 11.6 Å². The number of benzene rings is 2. The molecule has 0 aliphatic carbocycles. The molecule has 2 aromatic carbocycles. The zero-order valence-corrected chi connectivity index (χ0v) is 15.1. The van der Waals surface area contributed by atoms with Crippen LogP contribution in [0.3, 0.4) is 0 Å². The van der Waals surface area contributed by atoms with E-state index in [-0.39, 0.29) is 11.7 Å². The quantitative estimate of drug-likeness (QED) is 0.668. The van der Waals surface area contributed by atoms with E-state index in [1.807, 2.05) is 6.07 Å². The molecule has 0 radical (unpaired) electrons. The van der Waals surface area contributed by atoms with Crippen molar-refractivity contribution in [1.29, 1.82) is 0 Å². The first-order valence-electron chi connectivity index (χ1n) is 8.03. The zero-order chi connectivity index (χ0) is 19.4. The number of halogens is 3. The molecule has 5 nitrogen and oxygen atoms in total. The first kappa shape index (κ1) is 18.8. The van der Waals surface area contributed by atoms with Crippen molar-refractivity contribution in [3.05, 3.63) is 70.9 Å². The molecule has 140 valence electrons. The van der Waals surface area contributed by atoms with E-state index >= 15 is 0 Å². The molecule has 0 fully saturated rings. The number of amides is 1. The highest BCUT2D eigenvalue weighted by Gasteiger charge is 2.16. The van der Waals surface area contributed by atoms with E-state index in [9.17, 15) is 13.6 Å². The third-order valence-corrected chi connectivity index (χ3v) is 4.08. The molecule has 0 saturated carbocycles. The minimum atomic E-state index is -2.87. The summed E-state index contributed by atoms with van der Waals surface area (Å²) in [4.78, 5) is 14.1. The van der Waals surface area contributed by atoms with Gasteiger partial charge in [-0.25, -0.2) is 0 Å². The molecule has 1 N–H and O–H groups in total. The second kappa shape index (κ2) is 8.18. The summed E-state index contributed by atoms with van der Waals surface area (Å²) in [6.07, 6.45) is 0. The van der Waals surface area contributed by atoms with Gasteiger partial charge in [0.1, 0.15) is 11.4 Å². The van der Waals surface area contributed by atoms with Gasteiger partial charge in [-0.05, 0) is 35.9 Å². The van der Waals surface area contributed by atoms with Crippen LogP contribution in [0.5, 0.6) is 5.75 Å². The summed E-state index contributed by atoms with van der Waals surface area (Å²) < 4.78 is 28.7. The summed E-state index contributed by atoms with van der Waals surface area (Å²) in [5.41, 5.74) is 2.53. The topological polar surface area (TPSA) is 58.2 Å². The van der Waals surface area contributed by atoms with Crippen LogP contribution in [0.1, 0.15) is 16.1 Å². The summed E-state index contributed by atoms with van der Waals surface area (Å²) in [6.45, 7) is -2.56. The van der Waals surface area contributed by atoms with Crippen molar-refractivity contribution in [2.24, 2.45) is 0 Å². The number of carbonyl (C=O) groups is 1. The molecule has 3 rings (SSSR count). The van der Waals surface area contributed by atoms with E-state index < -0.39 is 6.61 Å². The monoisotopic (exact) mass is 391 g/mol. The Kier molecular flexibility index (Phi) is 5.71. The fourth-order valence-corrected chi connectivity index (χ4v) is 2.74. The molecule has 27 heavy (non-hydrogen) atoms. The molecule has 1 amide bonds. The summed E-state index contributed by atoms with van der Waals surface area (Å²) in [5.74, 6) is -0.175. The van der Waals surface area contributed by atoms with Gasteiger partial charge in [-0.2, -0.15) is 13.9 Å². The van der Waals surface area contributed by atoms with Crippen molar-refractivity contribution in [2.75, 3.05) is 7.05 Å². The number of ether oxygens (including phenoxy) is 1. The van der Waals surface area contributed by atoms with Crippen molar-refractivity contribution in [2.45, 2.75) is 13.2 Å². The van der Waals surface area contributed by atoms with Gasteiger partial charge in [-0.1, -0.05) is 35.9 Å². The van der Waals surface area contributed by atoms with Crippen LogP contribution in [0.2, 0.25) is 5.02 Å². The molecule has 0 aliphatic heterocycles. The Labute approximate surface area is 159 Å². The average molecular weight is 392 g/mol. The van der Waals surface area contributed by atoms with E-state index in [2.05, 4.69) is 14.9 Å². The van der Waals surface area contributed by atoms with E-state index in [0.29, 0.717) is 23.0 Å². The summed E-state index contributed by atoms with van der Waals surface area (Å²) in [6, 6.07) is 15.0. The number of nitrogens with zero attached hydrogens (tertiary/aromatic N) is 2. The third-order valence-electron chi connectivity index (χ3n) is 3.84. The van der Waals surface area contributed by atoms with Gasteiger partial charge in [0.2, 0.25) is 0 Å². The minimum absolute atomic E-state index is 0.0717. The Morgan fingerprint density at radius 1 is 1.22 bits per heavy atom. The Balaban J connectivity index is 1.67. The van der Waals surface area contributed by atoms with E-state index in [4.69, 9.17) is 11.6 Å². The van der Waals surface area contributed by atoms with Gasteiger partial charge >= 0.3 is 6.61 Å². The van der Waals surface area contributed by atoms with Crippen molar-refractivity contribution in [3.63, 3.8) is 0 Å². The van der Waals surface area contributed by atoms with E-state index in [1.54, 1.807) is 43.4 Å². The molecule has 0 spiro atoms. The molecule has 0 atom stereocenters. The number of alkyl halides is 2. The average Bonchev–Trinajstić information content (AvgIpc) is 3.12. The van der Waals surface area contributed by atoms with Gasteiger partial charge in [0.25, 0.3) is 5.91 Å². The number of carbonyl (C=O) groups excluding carboxylic acids is 1. The molecule has 1 heterocycles. The number of aromatic nitrogens is 2. The first-order chi connectivity index (χ1) is 12.9. The van der Waals surface area contributed by atoms with Crippen molar-refractivity contribution < 1.29 is 18.3 Å². The maximum Gasteiger partial charge on any atom is 0.387 e. The summed E-state index contributed by atoms with van der Waals surface area (Å²) >= 11 is 5.98. The standard InChI is InChI=1S/C19H16ClF2N3O2/c1-25(11-12-5-7-15(8-6-12)27-19(21)22)18(26)17-10-16(23-24-17)13-3-2-4-14(20)9-13/h2-10,19H,11H2,1H3,(H,23,24). The molecule has 0 unspecified atom stereocenters. The second-order valence-corrected chi connectivity index (χ2v) is 6.30. The Morgan fingerprint density at radius 3 is 2.63 bits per heavy atom. The second-order valence-electron chi connectivity index (χ2n) is 5.86. The van der Waals surface area contributed by atoms with Gasteiger partial charge in [0, 0.05) is 24.2 Å². The van der Waals surface area contributed by atoms with Crippen molar-refractivity contribution >= 4 is 17.5 Å². The highest BCUT2D eigenvalue weighted by molar-refractivity contribution is 6.30. The van der Waals surface area contributed by atoms with E-state index in [0.717, 1.165) is 11.1 Å². The van der Waals surface area contributed by atoms with Gasteiger partial charge in [0.15, 0.2) is 0 Å². The van der Waals surface area contributed by atoms with Crippen LogP contribution in [0, 0.1) is 0 Å². The molecule has 1 aromatic heterocycles. The third kappa shape index (κ3) is 4.83. The summed E-state index contributed by atoms with van der Waals surface area (Å²) in [5, 5.41) is 7.47. The van der Waals surface area contributed by atoms with E-state index in [1.165, 1.54) is 17.0 Å². The highest BCUT2D eigenvalue weighted by atomic mass is 35.5. The van der Waals surface area contributed by atoms with Crippen LogP contribution in [-0.2, 0) is 6.54 Å². The Hall–Kier alpha value is -2.93. The summed E-state index contributed by atoms with van der Waals surface area (Å²) in [7, 11) is 1.64. The van der Waals surface area contributed by atoms with Crippen LogP contribution < -0.4 is 4.74 Å². The van der Waals surface area contributed by atoms with Crippen LogP contribution in [0.4, 0.5) is 8.78 Å². The number of H-pyrrole nitrogens is 1. The molecule has 0 aliphatic rings. The largest absolute Gasteiger partial charge is 0.435 e. The van der Waals surface area contributed by atoms with Crippen LogP contribution in [-0.4, -0.2) is 34.7 Å². The maximum absolute atomic E-state index is 12.6.